The van der Waals surface area contributed by atoms with E-state index < -0.39 is 0 Å². The predicted molar refractivity (Wildman–Crippen MR) is 106 cm³/mol. The third kappa shape index (κ3) is 4.32. The van der Waals surface area contributed by atoms with E-state index >= 15 is 0 Å². The fourth-order valence-electron chi connectivity index (χ4n) is 2.10. The number of phenols is 1. The van der Waals surface area contributed by atoms with Crippen molar-refractivity contribution in [3.8, 4) is 16.3 Å². The van der Waals surface area contributed by atoms with Crippen molar-refractivity contribution in [1.29, 1.82) is 0 Å². The van der Waals surface area contributed by atoms with Gasteiger partial charge in [-0.3, -0.25) is 9.79 Å². The van der Waals surface area contributed by atoms with Crippen LogP contribution in [0.25, 0.3) is 16.6 Å². The lowest BCUT2D eigenvalue weighted by molar-refractivity contribution is -0.115. The minimum Gasteiger partial charge on any atom is -0.507 e. The second-order valence-corrected chi connectivity index (χ2v) is 8.49. The summed E-state index contributed by atoms with van der Waals surface area (Å²) in [6, 6.07) is 7.01. The lowest BCUT2D eigenvalue weighted by atomic mass is 9.95. The molecule has 136 valence electrons. The van der Waals surface area contributed by atoms with Crippen molar-refractivity contribution in [3.63, 3.8) is 0 Å². The maximum absolute atomic E-state index is 12.1. The van der Waals surface area contributed by atoms with Crippen LogP contribution in [-0.4, -0.2) is 39.4 Å². The highest BCUT2D eigenvalue weighted by Gasteiger charge is 2.25. The van der Waals surface area contributed by atoms with Gasteiger partial charge in [-0.25, -0.2) is 4.98 Å². The number of carbonyl (C=O) groups is 1. The number of hydrogen-bond donors (Lipinski definition) is 3. The molecule has 1 aliphatic rings. The van der Waals surface area contributed by atoms with Crippen LogP contribution in [0.1, 0.15) is 19.5 Å². The first-order valence-corrected chi connectivity index (χ1v) is 9.68. The van der Waals surface area contributed by atoms with Crippen molar-refractivity contribution >= 4 is 40.2 Å². The van der Waals surface area contributed by atoms with Gasteiger partial charge in [-0.2, -0.15) is 0 Å². The number of rotatable bonds is 5. The highest BCUT2D eigenvalue weighted by atomic mass is 32.2. The van der Waals surface area contributed by atoms with E-state index in [1.807, 2.05) is 25.3 Å². The Labute approximate surface area is 159 Å². The Morgan fingerprint density at radius 2 is 2.12 bits per heavy atom. The molecule has 0 bridgehead atoms. The number of thioether (sulfide) groups is 1. The van der Waals surface area contributed by atoms with Crippen LogP contribution in [-0.2, 0) is 4.79 Å². The Bertz CT molecular complexity index is 887. The van der Waals surface area contributed by atoms with Gasteiger partial charge in [-0.15, -0.1) is 11.3 Å². The van der Waals surface area contributed by atoms with Gasteiger partial charge in [0.2, 0.25) is 0 Å². The van der Waals surface area contributed by atoms with E-state index in [9.17, 15) is 15.0 Å². The van der Waals surface area contributed by atoms with Gasteiger partial charge in [0, 0.05) is 23.9 Å². The maximum atomic E-state index is 12.1. The van der Waals surface area contributed by atoms with E-state index in [1.165, 1.54) is 23.1 Å². The van der Waals surface area contributed by atoms with E-state index in [-0.39, 0.29) is 23.7 Å². The van der Waals surface area contributed by atoms with E-state index in [2.05, 4.69) is 15.3 Å². The van der Waals surface area contributed by atoms with Crippen molar-refractivity contribution < 1.29 is 15.0 Å². The molecule has 1 fully saturated rings. The number of para-hydroxylation sites is 1. The number of hydrogen-bond acceptors (Lipinski definition) is 7. The molecule has 6 nitrogen and oxygen atoms in total. The number of thiazole rings is 1. The number of amidine groups is 1. The predicted octanol–water partition coefficient (Wildman–Crippen LogP) is 3.09. The van der Waals surface area contributed by atoms with E-state index in [0.29, 0.717) is 32.9 Å². The molecule has 0 radical (unpaired) electrons. The summed E-state index contributed by atoms with van der Waals surface area (Å²) in [5, 5.41) is 25.0. The van der Waals surface area contributed by atoms with Gasteiger partial charge in [-0.1, -0.05) is 26.0 Å². The SMILES string of the molecule is CC(C)(CO)CN=C1NC(=O)/C(=C\c2csc(-c3ccccc3O)n2)S1. The molecule has 3 rings (SSSR count). The molecule has 0 spiro atoms. The second kappa shape index (κ2) is 7.61. The van der Waals surface area contributed by atoms with Crippen LogP contribution in [0.15, 0.2) is 39.5 Å². The van der Waals surface area contributed by atoms with E-state index in [4.69, 9.17) is 0 Å². The monoisotopic (exact) mass is 389 g/mol. The topological polar surface area (TPSA) is 94.8 Å². The first-order chi connectivity index (χ1) is 12.4. The molecular weight excluding hydrogens is 370 g/mol. The van der Waals surface area contributed by atoms with Crippen molar-refractivity contribution in [2.24, 2.45) is 10.4 Å². The molecule has 26 heavy (non-hydrogen) atoms. The molecule has 3 N–H and O–H groups in total. The minimum absolute atomic E-state index is 0.0268. The number of aliphatic imine (C=N–C) groups is 1. The molecule has 1 amide bonds. The number of nitrogens with zero attached hydrogens (tertiary/aromatic N) is 2. The van der Waals surface area contributed by atoms with Gasteiger partial charge in [0.05, 0.1) is 16.2 Å². The van der Waals surface area contributed by atoms with Gasteiger partial charge in [-0.05, 0) is 30.0 Å². The Morgan fingerprint density at radius 1 is 1.35 bits per heavy atom. The third-order valence-electron chi connectivity index (χ3n) is 3.66. The standard InChI is InChI=1S/C18H19N3O3S2/c1-18(2,10-22)9-19-17-21-15(24)14(26-17)7-11-8-25-16(20-11)12-5-3-4-6-13(12)23/h3-8,22-23H,9-10H2,1-2H3,(H,19,21,24)/b14-7+. The Hall–Kier alpha value is -2.16. The second-order valence-electron chi connectivity index (χ2n) is 6.60. The van der Waals surface area contributed by atoms with Crippen molar-refractivity contribution in [1.82, 2.24) is 10.3 Å². The summed E-state index contributed by atoms with van der Waals surface area (Å²) < 4.78 is 0. The number of aliphatic hydroxyl groups is 1. The number of phenolic OH excluding ortho intramolecular Hbond substituents is 1. The number of aliphatic hydroxyl groups excluding tert-OH is 1. The molecule has 8 heteroatoms. The zero-order chi connectivity index (χ0) is 18.7. The molecule has 0 saturated carbocycles. The molecular formula is C18H19N3O3S2. The fourth-order valence-corrected chi connectivity index (χ4v) is 3.72. The van der Waals surface area contributed by atoms with Gasteiger partial charge in [0.25, 0.3) is 5.91 Å². The largest absolute Gasteiger partial charge is 0.507 e. The van der Waals surface area contributed by atoms with Crippen molar-refractivity contribution in [2.75, 3.05) is 13.2 Å². The average molecular weight is 390 g/mol. The smallest absolute Gasteiger partial charge is 0.264 e. The Morgan fingerprint density at radius 3 is 2.85 bits per heavy atom. The van der Waals surface area contributed by atoms with Crippen LogP contribution in [0.5, 0.6) is 5.75 Å². The van der Waals surface area contributed by atoms with Crippen LogP contribution in [0, 0.1) is 5.41 Å². The average Bonchev–Trinajstić information content (AvgIpc) is 3.21. The van der Waals surface area contributed by atoms with Gasteiger partial charge >= 0.3 is 0 Å². The summed E-state index contributed by atoms with van der Waals surface area (Å²) >= 11 is 2.66. The normalized spacial score (nSPS) is 17.9. The zero-order valence-electron chi connectivity index (χ0n) is 14.4. The maximum Gasteiger partial charge on any atom is 0.264 e. The highest BCUT2D eigenvalue weighted by molar-refractivity contribution is 8.18. The minimum atomic E-state index is -0.327. The number of benzene rings is 1. The number of aromatic nitrogens is 1. The van der Waals surface area contributed by atoms with E-state index in [1.54, 1.807) is 24.3 Å². The molecule has 1 aromatic heterocycles. The Kier molecular flexibility index (Phi) is 5.45. The van der Waals surface area contributed by atoms with Crippen LogP contribution >= 0.6 is 23.1 Å². The first kappa shape index (κ1) is 18.6. The van der Waals surface area contributed by atoms with Gasteiger partial charge in [0.1, 0.15) is 10.8 Å². The lowest BCUT2D eigenvalue weighted by Gasteiger charge is -2.18. The first-order valence-electron chi connectivity index (χ1n) is 7.98. The molecule has 0 unspecified atom stereocenters. The van der Waals surface area contributed by atoms with Crippen molar-refractivity contribution in [2.45, 2.75) is 13.8 Å². The summed E-state index contributed by atoms with van der Waals surface area (Å²) in [4.78, 5) is 21.5. The summed E-state index contributed by atoms with van der Waals surface area (Å²) in [5.74, 6) is -0.0392. The van der Waals surface area contributed by atoms with Crippen LogP contribution in [0.2, 0.25) is 0 Å². The fraction of sp³-hybridized carbons (Fsp3) is 0.278. The molecule has 0 atom stereocenters. The van der Waals surface area contributed by atoms with Crippen molar-refractivity contribution in [3.05, 3.63) is 40.2 Å². The summed E-state index contributed by atoms with van der Waals surface area (Å²) in [5.41, 5.74) is 0.994. The third-order valence-corrected chi connectivity index (χ3v) is 5.51. The molecule has 1 aromatic carbocycles. The molecule has 1 saturated heterocycles. The zero-order valence-corrected chi connectivity index (χ0v) is 16.0. The van der Waals surface area contributed by atoms with Crippen LogP contribution < -0.4 is 5.32 Å². The summed E-state index contributed by atoms with van der Waals surface area (Å²) in [6.45, 7) is 4.27. The summed E-state index contributed by atoms with van der Waals surface area (Å²) in [6.07, 6.45) is 1.71. The number of amides is 1. The van der Waals surface area contributed by atoms with Gasteiger partial charge in [0.15, 0.2) is 5.17 Å². The summed E-state index contributed by atoms with van der Waals surface area (Å²) in [7, 11) is 0. The molecule has 0 aliphatic carbocycles. The Balaban J connectivity index is 1.76. The molecule has 2 heterocycles. The highest BCUT2D eigenvalue weighted by Crippen LogP contribution is 2.33. The molecule has 2 aromatic rings. The van der Waals surface area contributed by atoms with Gasteiger partial charge < -0.3 is 15.5 Å². The quantitative estimate of drug-likeness (QED) is 0.683. The number of carbonyl (C=O) groups excluding carboxylic acids is 1. The van der Waals surface area contributed by atoms with Crippen LogP contribution in [0.4, 0.5) is 0 Å². The van der Waals surface area contributed by atoms with E-state index in [0.717, 1.165) is 0 Å². The lowest BCUT2D eigenvalue weighted by Crippen LogP contribution is -2.24. The molecule has 1 aliphatic heterocycles. The number of nitrogens with one attached hydrogen (secondary N) is 1. The number of aromatic hydroxyl groups is 1. The van der Waals surface area contributed by atoms with Crippen LogP contribution in [0.3, 0.4) is 0 Å².